The van der Waals surface area contributed by atoms with Crippen LogP contribution in [0.4, 0.5) is 0 Å². The number of nitrogens with one attached hydrogen (secondary N) is 3. The van der Waals surface area contributed by atoms with Crippen molar-refractivity contribution < 1.29 is 29.7 Å². The average Bonchev–Trinajstić information content (AvgIpc) is 3.02. The maximum absolute atomic E-state index is 12.4. The molecule has 0 aliphatic carbocycles. The summed E-state index contributed by atoms with van der Waals surface area (Å²) in [7, 11) is 0. The van der Waals surface area contributed by atoms with Crippen LogP contribution in [-0.4, -0.2) is 73.4 Å². The number of carbonyl (C=O) groups is 3. The number of imidazole rings is 1. The van der Waals surface area contributed by atoms with Gasteiger partial charge in [0.25, 0.3) is 0 Å². The van der Waals surface area contributed by atoms with Gasteiger partial charge in [0.05, 0.1) is 18.5 Å². The van der Waals surface area contributed by atoms with Gasteiger partial charge in [-0.15, -0.1) is 0 Å². The third kappa shape index (κ3) is 6.14. The molecule has 140 valence electrons. The van der Waals surface area contributed by atoms with Gasteiger partial charge in [0.2, 0.25) is 11.8 Å². The van der Waals surface area contributed by atoms with E-state index in [-0.39, 0.29) is 6.42 Å². The molecule has 5 atom stereocenters. The molecule has 11 heteroatoms. The number of amides is 2. The van der Waals surface area contributed by atoms with Crippen LogP contribution in [0.2, 0.25) is 0 Å². The third-order valence-corrected chi connectivity index (χ3v) is 3.48. The fraction of sp³-hybridized carbons (Fsp3) is 0.571. The normalized spacial score (nSPS) is 17.0. The molecule has 11 nitrogen and oxygen atoms in total. The molecule has 0 aliphatic heterocycles. The SMILES string of the molecule is C[C@@H](O)[C@H](N)C(=O)N[C@@H](Cc1cnc[nH]1)C(=O)N[C@H](C(=O)O)[C@@H](C)O. The lowest BCUT2D eigenvalue weighted by molar-refractivity contribution is -0.145. The highest BCUT2D eigenvalue weighted by molar-refractivity contribution is 5.92. The second kappa shape index (κ2) is 9.11. The molecule has 1 heterocycles. The first-order chi connectivity index (χ1) is 11.6. The van der Waals surface area contributed by atoms with E-state index in [0.29, 0.717) is 5.69 Å². The zero-order valence-corrected chi connectivity index (χ0v) is 13.8. The Hall–Kier alpha value is -2.50. The number of aliphatic carboxylic acids is 1. The van der Waals surface area contributed by atoms with Crippen molar-refractivity contribution in [3.8, 4) is 0 Å². The van der Waals surface area contributed by atoms with E-state index < -0.39 is 48.1 Å². The van der Waals surface area contributed by atoms with Crippen LogP contribution in [0, 0.1) is 0 Å². The van der Waals surface area contributed by atoms with Crippen molar-refractivity contribution in [3.63, 3.8) is 0 Å². The molecule has 0 aromatic carbocycles. The lowest BCUT2D eigenvalue weighted by Gasteiger charge is -2.24. The Kier molecular flexibility index (Phi) is 7.48. The summed E-state index contributed by atoms with van der Waals surface area (Å²) < 4.78 is 0. The van der Waals surface area contributed by atoms with E-state index in [4.69, 9.17) is 10.8 Å². The van der Waals surface area contributed by atoms with Crippen molar-refractivity contribution in [2.45, 2.75) is 50.6 Å². The second-order valence-corrected chi connectivity index (χ2v) is 5.67. The summed E-state index contributed by atoms with van der Waals surface area (Å²) in [6.07, 6.45) is 0.314. The van der Waals surface area contributed by atoms with Crippen molar-refractivity contribution in [2.75, 3.05) is 0 Å². The third-order valence-electron chi connectivity index (χ3n) is 3.48. The molecule has 8 N–H and O–H groups in total. The van der Waals surface area contributed by atoms with Crippen LogP contribution >= 0.6 is 0 Å². The highest BCUT2D eigenvalue weighted by atomic mass is 16.4. The maximum atomic E-state index is 12.4. The molecule has 25 heavy (non-hydrogen) atoms. The number of rotatable bonds is 9. The van der Waals surface area contributed by atoms with Crippen LogP contribution in [-0.2, 0) is 20.8 Å². The van der Waals surface area contributed by atoms with Crippen LogP contribution in [0.25, 0.3) is 0 Å². The molecule has 1 aromatic rings. The van der Waals surface area contributed by atoms with Gasteiger partial charge in [0.1, 0.15) is 12.1 Å². The molecule has 0 spiro atoms. The van der Waals surface area contributed by atoms with Gasteiger partial charge < -0.3 is 36.7 Å². The minimum Gasteiger partial charge on any atom is -0.480 e. The van der Waals surface area contributed by atoms with Gasteiger partial charge in [-0.25, -0.2) is 9.78 Å². The first kappa shape index (κ1) is 20.5. The minimum atomic E-state index is -1.54. The Bertz CT molecular complexity index is 589. The van der Waals surface area contributed by atoms with E-state index >= 15 is 0 Å². The van der Waals surface area contributed by atoms with Crippen molar-refractivity contribution in [3.05, 3.63) is 18.2 Å². The number of aliphatic hydroxyl groups excluding tert-OH is 2. The number of nitrogens with two attached hydrogens (primary N) is 1. The smallest absolute Gasteiger partial charge is 0.328 e. The topological polar surface area (TPSA) is 191 Å². The standard InChI is InChI=1S/C14H23N5O6/c1-6(20)10(15)13(23)18-9(3-8-4-16-5-17-8)12(22)19-11(7(2)21)14(24)25/h4-7,9-11,20-21H,3,15H2,1-2H3,(H,16,17)(H,18,23)(H,19,22)(H,24,25)/t6-,7-,9+,10+,11+/m1/s1. The summed E-state index contributed by atoms with van der Waals surface area (Å²) in [6, 6.07) is -3.98. The van der Waals surface area contributed by atoms with Crippen LogP contribution in [0.15, 0.2) is 12.5 Å². The highest BCUT2D eigenvalue weighted by Crippen LogP contribution is 2.02. The number of aromatic nitrogens is 2. The van der Waals surface area contributed by atoms with Crippen LogP contribution in [0.3, 0.4) is 0 Å². The Balaban J connectivity index is 2.91. The molecule has 2 amide bonds. The molecule has 0 aliphatic rings. The van der Waals surface area contributed by atoms with Crippen LogP contribution in [0.1, 0.15) is 19.5 Å². The number of H-pyrrole nitrogens is 1. The lowest BCUT2D eigenvalue weighted by Crippen LogP contribution is -2.58. The summed E-state index contributed by atoms with van der Waals surface area (Å²) in [4.78, 5) is 42.1. The molecule has 0 radical (unpaired) electrons. The monoisotopic (exact) mass is 357 g/mol. The van der Waals surface area contributed by atoms with Crippen LogP contribution < -0.4 is 16.4 Å². The predicted molar refractivity (Wildman–Crippen MR) is 85.1 cm³/mol. The average molecular weight is 357 g/mol. The molecule has 0 saturated carbocycles. The molecule has 0 bridgehead atoms. The second-order valence-electron chi connectivity index (χ2n) is 5.67. The predicted octanol–water partition coefficient (Wildman–Crippen LogP) is -2.90. The number of carboxylic acids is 1. The summed E-state index contributed by atoms with van der Waals surface area (Å²) in [5, 5.41) is 32.4. The zero-order chi connectivity index (χ0) is 19.1. The van der Waals surface area contributed by atoms with Gasteiger partial charge >= 0.3 is 5.97 Å². The van der Waals surface area contributed by atoms with Crippen molar-refractivity contribution >= 4 is 17.8 Å². The maximum Gasteiger partial charge on any atom is 0.328 e. The molecule has 0 fully saturated rings. The first-order valence-electron chi connectivity index (χ1n) is 7.56. The minimum absolute atomic E-state index is 0.0176. The number of carbonyl (C=O) groups excluding carboxylic acids is 2. The van der Waals surface area contributed by atoms with Gasteiger partial charge in [-0.1, -0.05) is 0 Å². The fourth-order valence-corrected chi connectivity index (χ4v) is 1.96. The van der Waals surface area contributed by atoms with E-state index in [1.165, 1.54) is 26.4 Å². The lowest BCUT2D eigenvalue weighted by atomic mass is 10.1. The quantitative estimate of drug-likeness (QED) is 0.245. The summed E-state index contributed by atoms with van der Waals surface area (Å²) in [5.41, 5.74) is 6.04. The van der Waals surface area contributed by atoms with Crippen molar-refractivity contribution in [2.24, 2.45) is 5.73 Å². The number of aromatic amines is 1. The molecule has 0 saturated heterocycles. The van der Waals surface area contributed by atoms with E-state index in [2.05, 4.69) is 20.6 Å². The van der Waals surface area contributed by atoms with E-state index in [1.54, 1.807) is 0 Å². The zero-order valence-electron chi connectivity index (χ0n) is 13.8. The molecule has 1 aromatic heterocycles. The van der Waals surface area contributed by atoms with E-state index in [9.17, 15) is 24.6 Å². The molecular weight excluding hydrogens is 334 g/mol. The number of hydrogen-bond acceptors (Lipinski definition) is 7. The van der Waals surface area contributed by atoms with Gasteiger partial charge in [-0.3, -0.25) is 9.59 Å². The Morgan fingerprint density at radius 3 is 2.28 bits per heavy atom. The van der Waals surface area contributed by atoms with Crippen molar-refractivity contribution in [1.82, 2.24) is 20.6 Å². The van der Waals surface area contributed by atoms with Gasteiger partial charge in [-0.2, -0.15) is 0 Å². The van der Waals surface area contributed by atoms with Crippen LogP contribution in [0.5, 0.6) is 0 Å². The summed E-state index contributed by atoms with van der Waals surface area (Å²) >= 11 is 0. The van der Waals surface area contributed by atoms with Gasteiger partial charge in [0, 0.05) is 18.3 Å². The summed E-state index contributed by atoms with van der Waals surface area (Å²) in [6.45, 7) is 2.53. The number of nitrogens with zero attached hydrogens (tertiary/aromatic N) is 1. The fourth-order valence-electron chi connectivity index (χ4n) is 1.96. The first-order valence-corrected chi connectivity index (χ1v) is 7.56. The Morgan fingerprint density at radius 1 is 1.20 bits per heavy atom. The highest BCUT2D eigenvalue weighted by Gasteiger charge is 2.31. The van der Waals surface area contributed by atoms with Gasteiger partial charge in [0.15, 0.2) is 6.04 Å². The molecular formula is C14H23N5O6. The van der Waals surface area contributed by atoms with E-state index in [1.807, 2.05) is 0 Å². The number of hydrogen-bond donors (Lipinski definition) is 7. The molecule has 1 rings (SSSR count). The van der Waals surface area contributed by atoms with E-state index in [0.717, 1.165) is 0 Å². The molecule has 0 unspecified atom stereocenters. The summed E-state index contributed by atoms with van der Waals surface area (Å²) in [5.74, 6) is -3.02. The Labute approximate surface area is 143 Å². The van der Waals surface area contributed by atoms with Gasteiger partial charge in [-0.05, 0) is 13.8 Å². The Morgan fingerprint density at radius 2 is 1.84 bits per heavy atom. The van der Waals surface area contributed by atoms with Crippen molar-refractivity contribution in [1.29, 1.82) is 0 Å². The number of aliphatic hydroxyl groups is 2. The number of carboxylic acid groups (broad SMARTS) is 1. The largest absolute Gasteiger partial charge is 0.480 e.